The SMILES string of the molecule is O=C(CCc1nnc2c(=O)n(-c3cccc(F)c3)ccn12)NCc1cccs1. The quantitative estimate of drug-likeness (QED) is 0.541. The number of aromatic nitrogens is 4. The van der Waals surface area contributed by atoms with E-state index in [9.17, 15) is 14.0 Å². The Kier molecular flexibility index (Phi) is 4.98. The Balaban J connectivity index is 1.49. The van der Waals surface area contributed by atoms with Gasteiger partial charge in [0.25, 0.3) is 0 Å². The van der Waals surface area contributed by atoms with Crippen LogP contribution in [-0.4, -0.2) is 25.1 Å². The molecule has 0 saturated heterocycles. The molecule has 7 nitrogen and oxygen atoms in total. The maximum atomic E-state index is 13.4. The minimum absolute atomic E-state index is 0.0988. The van der Waals surface area contributed by atoms with Crippen LogP contribution in [0.1, 0.15) is 17.1 Å². The molecule has 0 fully saturated rings. The molecule has 142 valence electrons. The van der Waals surface area contributed by atoms with Gasteiger partial charge >= 0.3 is 5.56 Å². The number of nitrogens with zero attached hydrogens (tertiary/aromatic N) is 4. The van der Waals surface area contributed by atoms with Crippen LogP contribution in [0, 0.1) is 5.82 Å². The van der Waals surface area contributed by atoms with Gasteiger partial charge in [-0.2, -0.15) is 0 Å². The van der Waals surface area contributed by atoms with Crippen molar-refractivity contribution in [1.82, 2.24) is 24.5 Å². The average molecular weight is 397 g/mol. The van der Waals surface area contributed by atoms with Gasteiger partial charge in [-0.25, -0.2) is 4.39 Å². The van der Waals surface area contributed by atoms with Crippen LogP contribution >= 0.6 is 11.3 Å². The van der Waals surface area contributed by atoms with E-state index in [1.54, 1.807) is 28.0 Å². The molecule has 0 radical (unpaired) electrons. The summed E-state index contributed by atoms with van der Waals surface area (Å²) in [7, 11) is 0. The summed E-state index contributed by atoms with van der Waals surface area (Å²) in [6, 6.07) is 9.64. The highest BCUT2D eigenvalue weighted by Crippen LogP contribution is 2.10. The lowest BCUT2D eigenvalue weighted by Crippen LogP contribution is -2.23. The van der Waals surface area contributed by atoms with Crippen LogP contribution in [0.15, 0.2) is 59.0 Å². The predicted octanol–water partition coefficient (Wildman–Crippen LogP) is 2.33. The maximum absolute atomic E-state index is 13.4. The Hall–Kier alpha value is -3.33. The highest BCUT2D eigenvalue weighted by atomic mass is 32.1. The summed E-state index contributed by atoms with van der Waals surface area (Å²) in [5.74, 6) is -0.0111. The number of hydrogen-bond acceptors (Lipinski definition) is 5. The van der Waals surface area contributed by atoms with Gasteiger partial charge in [-0.05, 0) is 29.6 Å². The number of fused-ring (bicyclic) bond motifs is 1. The zero-order chi connectivity index (χ0) is 19.5. The van der Waals surface area contributed by atoms with E-state index in [-0.39, 0.29) is 18.0 Å². The number of nitrogens with one attached hydrogen (secondary N) is 1. The largest absolute Gasteiger partial charge is 0.351 e. The van der Waals surface area contributed by atoms with E-state index < -0.39 is 11.4 Å². The van der Waals surface area contributed by atoms with Crippen LogP contribution in [0.2, 0.25) is 0 Å². The normalized spacial score (nSPS) is 11.0. The van der Waals surface area contributed by atoms with Crippen molar-refractivity contribution in [3.8, 4) is 5.69 Å². The van der Waals surface area contributed by atoms with Gasteiger partial charge < -0.3 is 5.32 Å². The molecule has 9 heteroatoms. The second-order valence-corrected chi connectivity index (χ2v) is 7.15. The van der Waals surface area contributed by atoms with Crippen molar-refractivity contribution in [2.75, 3.05) is 0 Å². The van der Waals surface area contributed by atoms with Crippen LogP contribution in [0.3, 0.4) is 0 Å². The Bertz CT molecular complexity index is 1180. The minimum atomic E-state index is -0.431. The molecule has 0 aliphatic rings. The third-order valence-corrected chi connectivity index (χ3v) is 5.12. The number of aryl methyl sites for hydroxylation is 1. The fourth-order valence-electron chi connectivity index (χ4n) is 2.85. The number of rotatable bonds is 6. The second-order valence-electron chi connectivity index (χ2n) is 6.12. The van der Waals surface area contributed by atoms with E-state index >= 15 is 0 Å². The number of hydrogen-bond donors (Lipinski definition) is 1. The molecule has 0 bridgehead atoms. The molecule has 0 saturated carbocycles. The van der Waals surface area contributed by atoms with Crippen LogP contribution < -0.4 is 10.9 Å². The summed E-state index contributed by atoms with van der Waals surface area (Å²) in [6.07, 6.45) is 3.76. The maximum Gasteiger partial charge on any atom is 0.300 e. The number of benzene rings is 1. The molecule has 28 heavy (non-hydrogen) atoms. The first-order valence-electron chi connectivity index (χ1n) is 8.62. The summed E-state index contributed by atoms with van der Waals surface area (Å²) in [5.41, 5.74) is 0.125. The van der Waals surface area contributed by atoms with Gasteiger partial charge in [0.05, 0.1) is 12.2 Å². The van der Waals surface area contributed by atoms with E-state index in [4.69, 9.17) is 0 Å². The molecule has 4 rings (SSSR count). The van der Waals surface area contributed by atoms with Crippen LogP contribution in [0.25, 0.3) is 11.3 Å². The topological polar surface area (TPSA) is 81.3 Å². The molecule has 0 unspecified atom stereocenters. The molecule has 0 aliphatic carbocycles. The van der Waals surface area contributed by atoms with Crippen molar-refractivity contribution in [2.24, 2.45) is 0 Å². The fourth-order valence-corrected chi connectivity index (χ4v) is 3.49. The van der Waals surface area contributed by atoms with Gasteiger partial charge in [-0.1, -0.05) is 12.1 Å². The Labute approximate surface area is 163 Å². The summed E-state index contributed by atoms with van der Waals surface area (Å²) < 4.78 is 16.3. The first-order valence-corrected chi connectivity index (χ1v) is 9.50. The summed E-state index contributed by atoms with van der Waals surface area (Å²) in [6.45, 7) is 0.495. The van der Waals surface area contributed by atoms with Gasteiger partial charge in [-0.3, -0.25) is 18.6 Å². The van der Waals surface area contributed by atoms with Gasteiger partial charge in [0.2, 0.25) is 11.6 Å². The van der Waals surface area contributed by atoms with Gasteiger partial charge in [0.15, 0.2) is 0 Å². The molecule has 1 aromatic carbocycles. The van der Waals surface area contributed by atoms with Crippen molar-refractivity contribution in [2.45, 2.75) is 19.4 Å². The molecule has 1 amide bonds. The van der Waals surface area contributed by atoms with Crippen molar-refractivity contribution in [3.63, 3.8) is 0 Å². The fraction of sp³-hybridized carbons (Fsp3) is 0.158. The zero-order valence-electron chi connectivity index (χ0n) is 14.7. The molecule has 1 N–H and O–H groups in total. The zero-order valence-corrected chi connectivity index (χ0v) is 15.5. The molecule has 4 aromatic rings. The van der Waals surface area contributed by atoms with E-state index in [1.165, 1.54) is 29.0 Å². The van der Waals surface area contributed by atoms with Gasteiger partial charge in [0.1, 0.15) is 11.6 Å². The lowest BCUT2D eigenvalue weighted by atomic mass is 10.2. The highest BCUT2D eigenvalue weighted by Gasteiger charge is 2.13. The number of amides is 1. The Morgan fingerprint density at radius 2 is 2.07 bits per heavy atom. The van der Waals surface area contributed by atoms with Crippen LogP contribution in [-0.2, 0) is 17.8 Å². The number of carbonyl (C=O) groups excluding carboxylic acids is 1. The van der Waals surface area contributed by atoms with Crippen LogP contribution in [0.4, 0.5) is 4.39 Å². The smallest absolute Gasteiger partial charge is 0.300 e. The molecular formula is C19H16FN5O2S. The molecule has 3 heterocycles. The number of carbonyl (C=O) groups is 1. The first kappa shape index (κ1) is 18.1. The van der Waals surface area contributed by atoms with Crippen molar-refractivity contribution < 1.29 is 9.18 Å². The Morgan fingerprint density at radius 1 is 1.18 bits per heavy atom. The van der Waals surface area contributed by atoms with E-state index in [0.29, 0.717) is 24.5 Å². The monoisotopic (exact) mass is 397 g/mol. The van der Waals surface area contributed by atoms with Crippen LogP contribution in [0.5, 0.6) is 0 Å². The standard InChI is InChI=1S/C19H16FN5O2S/c20-13-3-1-4-14(11-13)24-8-9-25-16(22-23-18(25)19(24)27)6-7-17(26)21-12-15-5-2-10-28-15/h1-5,8-11H,6-7,12H2,(H,21,26). The van der Waals surface area contributed by atoms with E-state index in [0.717, 1.165) is 4.88 Å². The molecule has 0 atom stereocenters. The third kappa shape index (κ3) is 3.70. The molecule has 0 aliphatic heterocycles. The molecule has 3 aromatic heterocycles. The molecule has 0 spiro atoms. The summed E-state index contributed by atoms with van der Waals surface area (Å²) in [4.78, 5) is 25.8. The van der Waals surface area contributed by atoms with Crippen molar-refractivity contribution in [1.29, 1.82) is 0 Å². The summed E-state index contributed by atoms with van der Waals surface area (Å²) in [5, 5.41) is 12.8. The highest BCUT2D eigenvalue weighted by molar-refractivity contribution is 7.09. The lowest BCUT2D eigenvalue weighted by Gasteiger charge is -2.07. The molecular weight excluding hydrogens is 381 g/mol. The second kappa shape index (κ2) is 7.73. The van der Waals surface area contributed by atoms with Gasteiger partial charge in [-0.15, -0.1) is 21.5 Å². The predicted molar refractivity (Wildman–Crippen MR) is 103 cm³/mol. The van der Waals surface area contributed by atoms with Gasteiger partial charge in [0, 0.05) is 30.1 Å². The Morgan fingerprint density at radius 3 is 2.86 bits per heavy atom. The third-order valence-electron chi connectivity index (χ3n) is 4.24. The number of halogens is 1. The van der Waals surface area contributed by atoms with Crippen molar-refractivity contribution >= 4 is 22.9 Å². The summed E-state index contributed by atoms with van der Waals surface area (Å²) >= 11 is 1.58. The van der Waals surface area contributed by atoms with Crippen molar-refractivity contribution in [3.05, 3.63) is 81.0 Å². The average Bonchev–Trinajstić information content (AvgIpc) is 3.35. The minimum Gasteiger partial charge on any atom is -0.351 e. The number of thiophene rings is 1. The van der Waals surface area contributed by atoms with E-state index in [2.05, 4.69) is 15.5 Å². The van der Waals surface area contributed by atoms with E-state index in [1.807, 2.05) is 17.5 Å². The lowest BCUT2D eigenvalue weighted by molar-refractivity contribution is -0.121. The first-order chi connectivity index (χ1) is 13.6.